The van der Waals surface area contributed by atoms with E-state index in [-0.39, 0.29) is 0 Å². The smallest absolute Gasteiger partial charge is 0.203 e. The van der Waals surface area contributed by atoms with E-state index < -0.39 is 0 Å². The van der Waals surface area contributed by atoms with Crippen molar-refractivity contribution in [3.8, 4) is 17.2 Å². The van der Waals surface area contributed by atoms with E-state index in [1.54, 1.807) is 33.1 Å². The summed E-state index contributed by atoms with van der Waals surface area (Å²) in [6.45, 7) is 0. The van der Waals surface area contributed by atoms with Crippen LogP contribution < -0.4 is 14.2 Å². The molecule has 0 aliphatic carbocycles. The average Bonchev–Trinajstić information content (AvgIpc) is 2.58. The highest BCUT2D eigenvalue weighted by Crippen LogP contribution is 2.38. The van der Waals surface area contributed by atoms with Crippen LogP contribution in [0.3, 0.4) is 0 Å². The van der Waals surface area contributed by atoms with Gasteiger partial charge in [-0.3, -0.25) is 0 Å². The lowest BCUT2D eigenvalue weighted by Crippen LogP contribution is -1.95. The molecular formula is C18H20O3S. The first kappa shape index (κ1) is 16.3. The Hall–Kier alpha value is -2.07. The standard InChI is InChI=1S/C18H20O3S/c1-19-16-11-14(12-17(20-2)18(16)21-3)9-8-13-6-5-7-15(10-13)22-4/h5-12H,1-4H3/b9-8-. The summed E-state index contributed by atoms with van der Waals surface area (Å²) in [6, 6.07) is 12.2. The average molecular weight is 316 g/mol. The lowest BCUT2D eigenvalue weighted by Gasteiger charge is -2.12. The van der Waals surface area contributed by atoms with Gasteiger partial charge in [0.1, 0.15) is 0 Å². The van der Waals surface area contributed by atoms with Crippen molar-refractivity contribution in [3.05, 3.63) is 47.5 Å². The molecule has 0 saturated carbocycles. The maximum Gasteiger partial charge on any atom is 0.203 e. The van der Waals surface area contributed by atoms with Crippen LogP contribution in [0.4, 0.5) is 0 Å². The second-order valence-corrected chi connectivity index (χ2v) is 5.45. The van der Waals surface area contributed by atoms with Gasteiger partial charge in [-0.25, -0.2) is 0 Å². The van der Waals surface area contributed by atoms with Crippen LogP contribution in [-0.2, 0) is 0 Å². The van der Waals surface area contributed by atoms with E-state index in [1.807, 2.05) is 18.2 Å². The molecule has 22 heavy (non-hydrogen) atoms. The van der Waals surface area contributed by atoms with Gasteiger partial charge in [0.2, 0.25) is 5.75 Å². The molecule has 2 aromatic rings. The van der Waals surface area contributed by atoms with E-state index in [1.165, 1.54) is 4.90 Å². The summed E-state index contributed by atoms with van der Waals surface area (Å²) in [5.74, 6) is 1.91. The number of ether oxygens (including phenoxy) is 3. The highest BCUT2D eigenvalue weighted by Gasteiger charge is 2.11. The maximum absolute atomic E-state index is 5.37. The molecule has 0 aliphatic rings. The molecule has 0 spiro atoms. The summed E-state index contributed by atoms with van der Waals surface area (Å²) in [5, 5.41) is 0. The molecule has 2 rings (SSSR count). The summed E-state index contributed by atoms with van der Waals surface area (Å²) in [7, 11) is 4.84. The van der Waals surface area contributed by atoms with Gasteiger partial charge in [0.25, 0.3) is 0 Å². The van der Waals surface area contributed by atoms with Gasteiger partial charge in [-0.1, -0.05) is 24.3 Å². The van der Waals surface area contributed by atoms with Crippen molar-refractivity contribution in [1.82, 2.24) is 0 Å². The molecule has 0 amide bonds. The number of benzene rings is 2. The summed E-state index contributed by atoms with van der Waals surface area (Å²) in [6.07, 6.45) is 6.17. The zero-order chi connectivity index (χ0) is 15.9. The van der Waals surface area contributed by atoms with E-state index in [0.29, 0.717) is 17.2 Å². The first-order valence-electron chi connectivity index (χ1n) is 6.84. The molecule has 0 atom stereocenters. The minimum absolute atomic E-state index is 0.603. The van der Waals surface area contributed by atoms with Gasteiger partial charge >= 0.3 is 0 Å². The zero-order valence-electron chi connectivity index (χ0n) is 13.3. The van der Waals surface area contributed by atoms with E-state index in [0.717, 1.165) is 11.1 Å². The predicted octanol–water partition coefficient (Wildman–Crippen LogP) is 4.60. The van der Waals surface area contributed by atoms with E-state index in [4.69, 9.17) is 14.2 Å². The van der Waals surface area contributed by atoms with Crippen molar-refractivity contribution in [2.24, 2.45) is 0 Å². The fraction of sp³-hybridized carbons (Fsp3) is 0.222. The number of rotatable bonds is 6. The SMILES string of the molecule is COc1cc(/C=C\c2cccc(SC)c2)cc(OC)c1OC. The summed E-state index contributed by atoms with van der Waals surface area (Å²) in [4.78, 5) is 1.24. The van der Waals surface area contributed by atoms with Gasteiger partial charge in [0.05, 0.1) is 21.3 Å². The lowest BCUT2D eigenvalue weighted by molar-refractivity contribution is 0.324. The van der Waals surface area contributed by atoms with Gasteiger partial charge in [0.15, 0.2) is 11.5 Å². The number of thioether (sulfide) groups is 1. The van der Waals surface area contributed by atoms with Crippen LogP contribution in [0.15, 0.2) is 41.3 Å². The number of methoxy groups -OCH3 is 3. The molecule has 116 valence electrons. The molecular weight excluding hydrogens is 296 g/mol. The minimum Gasteiger partial charge on any atom is -0.493 e. The molecule has 0 unspecified atom stereocenters. The zero-order valence-corrected chi connectivity index (χ0v) is 14.1. The highest BCUT2D eigenvalue weighted by atomic mass is 32.2. The van der Waals surface area contributed by atoms with Crippen LogP contribution in [0.2, 0.25) is 0 Å². The summed E-state index contributed by atoms with van der Waals surface area (Å²) >= 11 is 1.73. The fourth-order valence-electron chi connectivity index (χ4n) is 2.14. The van der Waals surface area contributed by atoms with Gasteiger partial charge in [0, 0.05) is 4.90 Å². The van der Waals surface area contributed by atoms with Crippen molar-refractivity contribution in [2.45, 2.75) is 4.90 Å². The van der Waals surface area contributed by atoms with Crippen LogP contribution in [-0.4, -0.2) is 27.6 Å². The Morgan fingerprint density at radius 2 is 1.45 bits per heavy atom. The fourth-order valence-corrected chi connectivity index (χ4v) is 2.60. The molecule has 0 fully saturated rings. The molecule has 3 nitrogen and oxygen atoms in total. The van der Waals surface area contributed by atoms with Crippen LogP contribution in [0.25, 0.3) is 12.2 Å². The monoisotopic (exact) mass is 316 g/mol. The Morgan fingerprint density at radius 1 is 0.818 bits per heavy atom. The second kappa shape index (κ2) is 7.80. The van der Waals surface area contributed by atoms with Crippen LogP contribution in [0.5, 0.6) is 17.2 Å². The molecule has 2 aromatic carbocycles. The summed E-state index contributed by atoms with van der Waals surface area (Å²) in [5.41, 5.74) is 2.14. The third kappa shape index (κ3) is 3.77. The van der Waals surface area contributed by atoms with E-state index in [2.05, 4.69) is 36.6 Å². The molecule has 0 bridgehead atoms. The predicted molar refractivity (Wildman–Crippen MR) is 93.2 cm³/mol. The van der Waals surface area contributed by atoms with Crippen molar-refractivity contribution in [2.75, 3.05) is 27.6 Å². The number of hydrogen-bond donors (Lipinski definition) is 0. The van der Waals surface area contributed by atoms with Gasteiger partial charge in [-0.15, -0.1) is 11.8 Å². The second-order valence-electron chi connectivity index (χ2n) is 4.57. The van der Waals surface area contributed by atoms with Crippen molar-refractivity contribution in [3.63, 3.8) is 0 Å². The topological polar surface area (TPSA) is 27.7 Å². The van der Waals surface area contributed by atoms with Gasteiger partial charge in [-0.05, 0) is 41.6 Å². The Bertz CT molecular complexity index is 640. The maximum atomic E-state index is 5.37. The van der Waals surface area contributed by atoms with Gasteiger partial charge < -0.3 is 14.2 Å². The quantitative estimate of drug-likeness (QED) is 0.575. The third-order valence-electron chi connectivity index (χ3n) is 3.25. The molecule has 0 aliphatic heterocycles. The summed E-state index contributed by atoms with van der Waals surface area (Å²) < 4.78 is 16.1. The molecule has 0 heterocycles. The molecule has 0 aromatic heterocycles. The van der Waals surface area contributed by atoms with E-state index in [9.17, 15) is 0 Å². The first-order chi connectivity index (χ1) is 10.7. The van der Waals surface area contributed by atoms with E-state index >= 15 is 0 Å². The first-order valence-corrected chi connectivity index (χ1v) is 8.06. The Balaban J connectivity index is 2.34. The Morgan fingerprint density at radius 3 is 2.00 bits per heavy atom. The molecule has 4 heteroatoms. The van der Waals surface area contributed by atoms with Crippen LogP contribution in [0, 0.1) is 0 Å². The van der Waals surface area contributed by atoms with Crippen molar-refractivity contribution in [1.29, 1.82) is 0 Å². The Labute approximate surface area is 135 Å². The van der Waals surface area contributed by atoms with Crippen LogP contribution in [0.1, 0.15) is 11.1 Å². The van der Waals surface area contributed by atoms with Crippen molar-refractivity contribution < 1.29 is 14.2 Å². The molecule has 0 N–H and O–H groups in total. The highest BCUT2D eigenvalue weighted by molar-refractivity contribution is 7.98. The third-order valence-corrected chi connectivity index (χ3v) is 3.97. The minimum atomic E-state index is 0.603. The number of hydrogen-bond acceptors (Lipinski definition) is 4. The van der Waals surface area contributed by atoms with Gasteiger partial charge in [-0.2, -0.15) is 0 Å². The Kier molecular flexibility index (Phi) is 5.78. The lowest BCUT2D eigenvalue weighted by atomic mass is 10.1. The van der Waals surface area contributed by atoms with Crippen molar-refractivity contribution >= 4 is 23.9 Å². The molecule has 0 saturated heterocycles. The normalized spacial score (nSPS) is 10.7. The largest absolute Gasteiger partial charge is 0.493 e. The van der Waals surface area contributed by atoms with Crippen LogP contribution >= 0.6 is 11.8 Å². The molecule has 0 radical (unpaired) electrons.